The number of aromatic nitrogens is 3. The first-order chi connectivity index (χ1) is 19.1. The first kappa shape index (κ1) is 29.4. The number of benzene rings is 1. The van der Waals surface area contributed by atoms with Crippen molar-refractivity contribution in [3.63, 3.8) is 0 Å². The highest BCUT2D eigenvalue weighted by atomic mass is 32.2. The highest BCUT2D eigenvalue weighted by Gasteiger charge is 2.29. The molecule has 1 amide bonds. The Morgan fingerprint density at radius 1 is 1.10 bits per heavy atom. The third-order valence-electron chi connectivity index (χ3n) is 7.16. The Balaban J connectivity index is 1.37. The molecular weight excluding hydrogens is 526 g/mol. The molecule has 1 fully saturated rings. The van der Waals surface area contributed by atoms with Crippen LogP contribution < -0.4 is 15.4 Å². The number of carbonyl (C=O) groups excluding carboxylic acids is 1. The van der Waals surface area contributed by atoms with Gasteiger partial charge >= 0.3 is 0 Å². The van der Waals surface area contributed by atoms with E-state index < -0.39 is 10.0 Å². The molecule has 11 heteroatoms. The van der Waals surface area contributed by atoms with E-state index >= 15 is 0 Å². The van der Waals surface area contributed by atoms with Crippen molar-refractivity contribution in [1.29, 1.82) is 0 Å². The number of rotatable bonds is 10. The van der Waals surface area contributed by atoms with Gasteiger partial charge in [0.05, 0.1) is 11.4 Å². The summed E-state index contributed by atoms with van der Waals surface area (Å²) in [4.78, 5) is 28.5. The predicted octanol–water partition coefficient (Wildman–Crippen LogP) is 4.34. The van der Waals surface area contributed by atoms with E-state index in [1.807, 2.05) is 18.0 Å². The Labute approximate surface area is 237 Å². The van der Waals surface area contributed by atoms with Gasteiger partial charge in [-0.25, -0.2) is 23.4 Å². The minimum absolute atomic E-state index is 0.0144. The number of likely N-dealkylation sites (tertiary alicyclic amines) is 1. The molecule has 3 heterocycles. The number of anilines is 3. The second kappa shape index (κ2) is 12.7. The number of pyridine rings is 1. The van der Waals surface area contributed by atoms with Crippen molar-refractivity contribution in [2.24, 2.45) is 0 Å². The van der Waals surface area contributed by atoms with Gasteiger partial charge in [0.25, 0.3) is 5.91 Å². The van der Waals surface area contributed by atoms with E-state index in [9.17, 15) is 13.2 Å². The maximum absolute atomic E-state index is 13.3. The molecule has 2 aromatic heterocycles. The molecule has 0 saturated carbocycles. The fourth-order valence-electron chi connectivity index (χ4n) is 5.04. The van der Waals surface area contributed by atoms with Gasteiger partial charge in [0.15, 0.2) is 0 Å². The number of piperidine rings is 1. The van der Waals surface area contributed by atoms with E-state index in [2.05, 4.69) is 64.3 Å². The van der Waals surface area contributed by atoms with E-state index in [1.165, 1.54) is 23.4 Å². The summed E-state index contributed by atoms with van der Waals surface area (Å²) in [6, 6.07) is 9.65. The van der Waals surface area contributed by atoms with Gasteiger partial charge in [0.1, 0.15) is 5.82 Å². The Kier molecular flexibility index (Phi) is 9.36. The number of nitrogens with zero attached hydrogens (tertiary/aromatic N) is 4. The van der Waals surface area contributed by atoms with Crippen LogP contribution in [0.25, 0.3) is 0 Å². The number of sulfonamides is 1. The maximum atomic E-state index is 13.3. The average Bonchev–Trinajstić information content (AvgIpc) is 2.91. The molecule has 4 rings (SSSR count). The lowest BCUT2D eigenvalue weighted by Gasteiger charge is -2.38. The summed E-state index contributed by atoms with van der Waals surface area (Å²) in [6.45, 7) is 11.0. The average molecular weight is 566 g/mol. The summed E-state index contributed by atoms with van der Waals surface area (Å²) in [5, 5.41) is 6.99. The Morgan fingerprint density at radius 3 is 2.52 bits per heavy atom. The Hall–Kier alpha value is -3.57. The molecule has 1 aliphatic heterocycles. The molecule has 214 valence electrons. The minimum Gasteiger partial charge on any atom is -0.336 e. The van der Waals surface area contributed by atoms with Crippen molar-refractivity contribution >= 4 is 33.4 Å². The molecule has 10 nitrogen and oxygen atoms in total. The minimum atomic E-state index is -3.47. The number of carbonyl (C=O) groups is 1. The molecule has 1 saturated heterocycles. The monoisotopic (exact) mass is 565 g/mol. The molecule has 3 N–H and O–H groups in total. The van der Waals surface area contributed by atoms with Crippen molar-refractivity contribution < 1.29 is 13.2 Å². The number of aryl methyl sites for hydroxylation is 3. The van der Waals surface area contributed by atoms with Crippen molar-refractivity contribution in [1.82, 2.24) is 25.2 Å². The van der Waals surface area contributed by atoms with Gasteiger partial charge in [-0.1, -0.05) is 13.0 Å². The molecule has 40 heavy (non-hydrogen) atoms. The lowest BCUT2D eigenvalue weighted by atomic mass is 9.97. The van der Waals surface area contributed by atoms with Crippen LogP contribution in [0.2, 0.25) is 0 Å². The summed E-state index contributed by atoms with van der Waals surface area (Å²) in [7, 11) is -3.47. The van der Waals surface area contributed by atoms with Crippen LogP contribution in [0.15, 0.2) is 42.7 Å². The van der Waals surface area contributed by atoms with Crippen molar-refractivity contribution in [3.05, 3.63) is 70.7 Å². The summed E-state index contributed by atoms with van der Waals surface area (Å²) >= 11 is 0. The number of hydrogen-bond acceptors (Lipinski definition) is 8. The zero-order valence-corrected chi connectivity index (χ0v) is 24.7. The van der Waals surface area contributed by atoms with Gasteiger partial charge < -0.3 is 15.5 Å². The normalized spacial score (nSPS) is 17.5. The fraction of sp³-hybridized carbons (Fsp3) is 0.448. The molecular formula is C29H39N7O3S. The zero-order chi connectivity index (χ0) is 28.9. The third-order valence-corrected chi connectivity index (χ3v) is 8.44. The van der Waals surface area contributed by atoms with Crippen LogP contribution in [0.5, 0.6) is 0 Å². The molecule has 0 spiro atoms. The van der Waals surface area contributed by atoms with Gasteiger partial charge in [-0.3, -0.25) is 9.52 Å². The second-order valence-electron chi connectivity index (χ2n) is 10.4. The molecule has 2 atom stereocenters. The molecule has 0 bridgehead atoms. The van der Waals surface area contributed by atoms with Gasteiger partial charge in [-0.15, -0.1) is 0 Å². The van der Waals surface area contributed by atoms with Crippen LogP contribution in [0, 0.1) is 13.8 Å². The summed E-state index contributed by atoms with van der Waals surface area (Å²) in [5.41, 5.74) is 5.81. The fourth-order valence-corrected chi connectivity index (χ4v) is 5.62. The van der Waals surface area contributed by atoms with Crippen LogP contribution >= 0.6 is 0 Å². The van der Waals surface area contributed by atoms with E-state index in [-0.39, 0.29) is 29.6 Å². The van der Waals surface area contributed by atoms with E-state index in [0.717, 1.165) is 36.2 Å². The van der Waals surface area contributed by atoms with Crippen LogP contribution in [0.1, 0.15) is 66.4 Å². The van der Waals surface area contributed by atoms with Crippen molar-refractivity contribution in [2.75, 3.05) is 22.3 Å². The molecule has 3 aromatic rings. The number of nitrogens with one attached hydrogen (secondary N) is 3. The largest absolute Gasteiger partial charge is 0.336 e. The maximum Gasteiger partial charge on any atom is 0.254 e. The highest BCUT2D eigenvalue weighted by Crippen LogP contribution is 2.22. The second-order valence-corrected chi connectivity index (χ2v) is 12.4. The molecule has 1 aliphatic rings. The summed E-state index contributed by atoms with van der Waals surface area (Å²) in [5.74, 6) is 0.533. The van der Waals surface area contributed by atoms with E-state index in [4.69, 9.17) is 4.98 Å². The topological polar surface area (TPSA) is 129 Å². The molecule has 0 radical (unpaired) electrons. The first-order valence-corrected chi connectivity index (χ1v) is 15.4. The van der Waals surface area contributed by atoms with E-state index in [1.54, 1.807) is 13.0 Å². The predicted molar refractivity (Wildman–Crippen MR) is 158 cm³/mol. The van der Waals surface area contributed by atoms with E-state index in [0.29, 0.717) is 24.6 Å². The third kappa shape index (κ3) is 7.54. The highest BCUT2D eigenvalue weighted by molar-refractivity contribution is 7.92. The van der Waals surface area contributed by atoms with Gasteiger partial charge in [0.2, 0.25) is 16.0 Å². The van der Waals surface area contributed by atoms with Gasteiger partial charge in [-0.2, -0.15) is 0 Å². The van der Waals surface area contributed by atoms with Crippen LogP contribution in [-0.4, -0.2) is 58.6 Å². The van der Waals surface area contributed by atoms with Crippen LogP contribution in [0.4, 0.5) is 17.5 Å². The Morgan fingerprint density at radius 2 is 1.85 bits per heavy atom. The number of amides is 1. The van der Waals surface area contributed by atoms with Gasteiger partial charge in [-0.05, 0) is 87.9 Å². The summed E-state index contributed by atoms with van der Waals surface area (Å²) in [6.07, 6.45) is 5.79. The smallest absolute Gasteiger partial charge is 0.254 e. The zero-order valence-electron chi connectivity index (χ0n) is 23.9. The lowest BCUT2D eigenvalue weighted by Crippen LogP contribution is -2.49. The number of hydrogen-bond donors (Lipinski definition) is 3. The summed E-state index contributed by atoms with van der Waals surface area (Å²) < 4.78 is 26.2. The van der Waals surface area contributed by atoms with Crippen LogP contribution in [-0.2, 0) is 23.0 Å². The van der Waals surface area contributed by atoms with Crippen molar-refractivity contribution in [2.45, 2.75) is 72.5 Å². The Bertz CT molecular complexity index is 1440. The van der Waals surface area contributed by atoms with Crippen LogP contribution in [0.3, 0.4) is 0 Å². The SMILES string of the molecule is CCc1cnc(Nc2cc(C)cc(C)c2)nc1CNC1CCN(C(=O)c2ccnc(NS(=O)(=O)CC)c2)[C@H](C)C1. The van der Waals surface area contributed by atoms with Gasteiger partial charge in [0, 0.05) is 48.8 Å². The molecule has 1 aromatic carbocycles. The van der Waals surface area contributed by atoms with Crippen molar-refractivity contribution in [3.8, 4) is 0 Å². The molecule has 0 aliphatic carbocycles. The standard InChI is InChI=1S/C29H39N7O3S/c1-6-22-17-32-29(33-25-13-19(3)12-20(4)14-25)34-26(22)18-31-24-9-11-36(21(5)15-24)28(37)23-8-10-30-27(16-23)35-40(38,39)7-2/h8,10,12-14,16-17,21,24,31H,6-7,9,11,15,18H2,1-5H3,(H,30,35)(H,32,33,34)/t21-,24?/m1/s1. The lowest BCUT2D eigenvalue weighted by molar-refractivity contribution is 0.0601. The molecule has 1 unspecified atom stereocenters. The quantitative estimate of drug-likeness (QED) is 0.331. The first-order valence-electron chi connectivity index (χ1n) is 13.8.